The molecule has 1 aromatic rings. The largest absolute Gasteiger partial charge is 0.321 e. The summed E-state index contributed by atoms with van der Waals surface area (Å²) in [5.41, 5.74) is 9.96. The van der Waals surface area contributed by atoms with E-state index in [2.05, 4.69) is 19.1 Å². The van der Waals surface area contributed by atoms with E-state index in [1.54, 1.807) is 0 Å². The minimum absolute atomic E-state index is 0.0256. The lowest BCUT2D eigenvalue weighted by atomic mass is 9.90. The van der Waals surface area contributed by atoms with Crippen molar-refractivity contribution in [3.8, 4) is 0 Å². The first kappa shape index (κ1) is 11.7. The molecular weight excluding hydrogens is 218 g/mol. The lowest BCUT2D eigenvalue weighted by Gasteiger charge is -2.20. The first-order valence-electron chi connectivity index (χ1n) is 5.88. The predicted octanol–water partition coefficient (Wildman–Crippen LogP) is 4.15. The summed E-state index contributed by atoms with van der Waals surface area (Å²) in [5, 5.41) is 0.779. The van der Waals surface area contributed by atoms with E-state index in [9.17, 15) is 0 Å². The molecule has 0 saturated carbocycles. The van der Waals surface area contributed by atoms with E-state index in [1.807, 2.05) is 12.1 Å². The molecule has 0 radical (unpaired) electrons. The third-order valence-corrected chi connectivity index (χ3v) is 3.37. The molecule has 0 fully saturated rings. The van der Waals surface area contributed by atoms with Crippen molar-refractivity contribution < 1.29 is 0 Å². The van der Waals surface area contributed by atoms with Gasteiger partial charge in [-0.3, -0.25) is 0 Å². The Kier molecular flexibility index (Phi) is 3.67. The van der Waals surface area contributed by atoms with Gasteiger partial charge in [-0.1, -0.05) is 29.3 Å². The number of halogens is 1. The van der Waals surface area contributed by atoms with E-state index in [0.29, 0.717) is 0 Å². The fraction of sp³-hybridized carbons (Fsp3) is 0.429. The maximum absolute atomic E-state index is 6.28. The standard InChI is InChI=1S/C14H18ClN/c1-10-7-12(9-13(15)8-10)14(16)11-5-3-2-4-6-11/h5,7-9,14H,2-4,6,16H2,1H3. The van der Waals surface area contributed by atoms with Crippen molar-refractivity contribution in [2.24, 2.45) is 5.73 Å². The molecule has 16 heavy (non-hydrogen) atoms. The third-order valence-electron chi connectivity index (χ3n) is 3.15. The third kappa shape index (κ3) is 2.66. The van der Waals surface area contributed by atoms with E-state index >= 15 is 0 Å². The number of nitrogens with two attached hydrogens (primary N) is 1. The Morgan fingerprint density at radius 2 is 2.06 bits per heavy atom. The second-order valence-corrected chi connectivity index (χ2v) is 5.00. The van der Waals surface area contributed by atoms with Crippen LogP contribution in [0.1, 0.15) is 42.9 Å². The Morgan fingerprint density at radius 3 is 2.69 bits per heavy atom. The van der Waals surface area contributed by atoms with Crippen LogP contribution in [0.25, 0.3) is 0 Å². The molecular formula is C14H18ClN. The summed E-state index contributed by atoms with van der Waals surface area (Å²) in [6, 6.07) is 6.10. The molecule has 0 amide bonds. The normalized spacial score (nSPS) is 18.1. The summed E-state index contributed by atoms with van der Waals surface area (Å²) in [6.07, 6.45) is 7.16. The lowest BCUT2D eigenvalue weighted by molar-refractivity contribution is 0.648. The van der Waals surface area contributed by atoms with Gasteiger partial charge >= 0.3 is 0 Å². The van der Waals surface area contributed by atoms with Gasteiger partial charge in [0.1, 0.15) is 0 Å². The molecule has 0 aliphatic heterocycles. The van der Waals surface area contributed by atoms with Crippen molar-refractivity contribution >= 4 is 11.6 Å². The van der Waals surface area contributed by atoms with E-state index in [0.717, 1.165) is 17.0 Å². The fourth-order valence-corrected chi connectivity index (χ4v) is 2.60. The predicted molar refractivity (Wildman–Crippen MR) is 69.7 cm³/mol. The highest BCUT2D eigenvalue weighted by Gasteiger charge is 2.14. The topological polar surface area (TPSA) is 26.0 Å². The highest BCUT2D eigenvalue weighted by atomic mass is 35.5. The summed E-state index contributed by atoms with van der Waals surface area (Å²) >= 11 is 6.06. The molecule has 1 aliphatic carbocycles. The van der Waals surface area contributed by atoms with Gasteiger partial charge < -0.3 is 5.73 Å². The molecule has 0 heterocycles. The second kappa shape index (κ2) is 5.03. The van der Waals surface area contributed by atoms with Gasteiger partial charge in [-0.25, -0.2) is 0 Å². The van der Waals surface area contributed by atoms with Crippen molar-refractivity contribution in [2.75, 3.05) is 0 Å². The molecule has 0 saturated heterocycles. The average Bonchev–Trinajstić information content (AvgIpc) is 2.28. The van der Waals surface area contributed by atoms with Crippen LogP contribution in [0.5, 0.6) is 0 Å². The van der Waals surface area contributed by atoms with Crippen LogP contribution in [-0.4, -0.2) is 0 Å². The maximum Gasteiger partial charge on any atom is 0.0511 e. The monoisotopic (exact) mass is 235 g/mol. The number of hydrogen-bond donors (Lipinski definition) is 1. The molecule has 2 heteroatoms. The van der Waals surface area contributed by atoms with E-state index < -0.39 is 0 Å². The summed E-state index contributed by atoms with van der Waals surface area (Å²) < 4.78 is 0. The van der Waals surface area contributed by atoms with Crippen LogP contribution in [0, 0.1) is 6.92 Å². The summed E-state index contributed by atoms with van der Waals surface area (Å²) in [5.74, 6) is 0. The molecule has 1 atom stereocenters. The summed E-state index contributed by atoms with van der Waals surface area (Å²) in [6.45, 7) is 2.05. The average molecular weight is 236 g/mol. The van der Waals surface area contributed by atoms with Gasteiger partial charge in [0.2, 0.25) is 0 Å². The molecule has 1 aliphatic rings. The van der Waals surface area contributed by atoms with Crippen LogP contribution in [0.15, 0.2) is 29.8 Å². The van der Waals surface area contributed by atoms with Crippen LogP contribution >= 0.6 is 11.6 Å². The Balaban J connectivity index is 2.25. The van der Waals surface area contributed by atoms with Crippen LogP contribution in [0.3, 0.4) is 0 Å². The number of hydrogen-bond acceptors (Lipinski definition) is 1. The number of allylic oxidation sites excluding steroid dienone is 1. The van der Waals surface area contributed by atoms with Crippen LogP contribution < -0.4 is 5.73 Å². The molecule has 0 spiro atoms. The molecule has 1 aromatic carbocycles. The van der Waals surface area contributed by atoms with Crippen molar-refractivity contribution in [3.05, 3.63) is 46.0 Å². The van der Waals surface area contributed by atoms with Gasteiger partial charge in [-0.15, -0.1) is 0 Å². The minimum atomic E-state index is 0.0256. The van der Waals surface area contributed by atoms with Crippen LogP contribution in [-0.2, 0) is 0 Å². The van der Waals surface area contributed by atoms with Crippen molar-refractivity contribution in [1.29, 1.82) is 0 Å². The maximum atomic E-state index is 6.28. The van der Waals surface area contributed by atoms with Crippen molar-refractivity contribution in [3.63, 3.8) is 0 Å². The first-order chi connectivity index (χ1) is 7.66. The number of aryl methyl sites for hydroxylation is 1. The van der Waals surface area contributed by atoms with Crippen LogP contribution in [0.4, 0.5) is 0 Å². The first-order valence-corrected chi connectivity index (χ1v) is 6.26. The zero-order chi connectivity index (χ0) is 11.5. The van der Waals surface area contributed by atoms with Crippen molar-refractivity contribution in [1.82, 2.24) is 0 Å². The van der Waals surface area contributed by atoms with E-state index in [-0.39, 0.29) is 6.04 Å². The van der Waals surface area contributed by atoms with Gasteiger partial charge in [0.05, 0.1) is 6.04 Å². The van der Waals surface area contributed by atoms with Gasteiger partial charge in [0.15, 0.2) is 0 Å². The highest BCUT2D eigenvalue weighted by molar-refractivity contribution is 6.30. The number of benzene rings is 1. The summed E-state index contributed by atoms with van der Waals surface area (Å²) in [4.78, 5) is 0. The molecule has 0 aromatic heterocycles. The van der Waals surface area contributed by atoms with Gasteiger partial charge in [0.25, 0.3) is 0 Å². The zero-order valence-corrected chi connectivity index (χ0v) is 10.4. The molecule has 1 nitrogen and oxygen atoms in total. The Labute approximate surface area is 102 Å². The second-order valence-electron chi connectivity index (χ2n) is 4.56. The molecule has 0 bridgehead atoms. The Morgan fingerprint density at radius 1 is 1.25 bits per heavy atom. The minimum Gasteiger partial charge on any atom is -0.321 e. The SMILES string of the molecule is Cc1cc(Cl)cc(C(N)C2=CCCCC2)c1. The fourth-order valence-electron chi connectivity index (χ4n) is 2.30. The van der Waals surface area contributed by atoms with Gasteiger partial charge in [0, 0.05) is 5.02 Å². The Bertz CT molecular complexity index is 389. The lowest BCUT2D eigenvalue weighted by Crippen LogP contribution is -2.15. The highest BCUT2D eigenvalue weighted by Crippen LogP contribution is 2.29. The molecule has 2 rings (SSSR count). The van der Waals surface area contributed by atoms with Gasteiger partial charge in [-0.05, 0) is 55.9 Å². The smallest absolute Gasteiger partial charge is 0.0511 e. The van der Waals surface area contributed by atoms with Crippen molar-refractivity contribution in [2.45, 2.75) is 38.6 Å². The molecule has 86 valence electrons. The quantitative estimate of drug-likeness (QED) is 0.766. The van der Waals surface area contributed by atoms with Gasteiger partial charge in [-0.2, -0.15) is 0 Å². The van der Waals surface area contributed by atoms with E-state index in [1.165, 1.54) is 30.4 Å². The number of rotatable bonds is 2. The van der Waals surface area contributed by atoms with Crippen LogP contribution in [0.2, 0.25) is 5.02 Å². The molecule has 1 unspecified atom stereocenters. The Hall–Kier alpha value is -0.790. The van der Waals surface area contributed by atoms with E-state index in [4.69, 9.17) is 17.3 Å². The molecule has 2 N–H and O–H groups in total. The summed E-state index contributed by atoms with van der Waals surface area (Å²) in [7, 11) is 0. The zero-order valence-electron chi connectivity index (χ0n) is 9.67.